The first-order chi connectivity index (χ1) is 9.47. The smallest absolute Gasteiger partial charge is 0.248 e. The average Bonchev–Trinajstić information content (AvgIpc) is 2.41. The molecule has 20 heavy (non-hydrogen) atoms. The van der Waals surface area contributed by atoms with Crippen molar-refractivity contribution in [1.29, 1.82) is 0 Å². The van der Waals surface area contributed by atoms with E-state index in [2.05, 4.69) is 21.2 Å². The van der Waals surface area contributed by atoms with E-state index in [4.69, 9.17) is 28.9 Å². The number of nitrogens with two attached hydrogens (primary N) is 1. The molecule has 0 radical (unpaired) electrons. The van der Waals surface area contributed by atoms with Crippen molar-refractivity contribution in [3.05, 3.63) is 62.0 Å². The zero-order valence-corrected chi connectivity index (χ0v) is 13.4. The Morgan fingerprint density at radius 3 is 2.65 bits per heavy atom. The first kappa shape index (κ1) is 15.2. The molecule has 3 N–H and O–H groups in total. The fourth-order valence-electron chi connectivity index (χ4n) is 1.68. The molecule has 2 aromatic rings. The molecule has 0 aromatic heterocycles. The Kier molecular flexibility index (Phi) is 4.91. The highest BCUT2D eigenvalue weighted by atomic mass is 79.9. The molecule has 0 aliphatic carbocycles. The van der Waals surface area contributed by atoms with Gasteiger partial charge in [-0.15, -0.1) is 0 Å². The molecule has 0 bridgehead atoms. The average molecular weight is 374 g/mol. The van der Waals surface area contributed by atoms with Crippen LogP contribution in [-0.4, -0.2) is 5.91 Å². The SMILES string of the molecule is NC(=O)c1ccc(Cl)c(NCc2cc(Cl)ccc2Br)c1. The highest BCUT2D eigenvalue weighted by Crippen LogP contribution is 2.26. The van der Waals surface area contributed by atoms with Crippen molar-refractivity contribution in [3.8, 4) is 0 Å². The predicted molar refractivity (Wildman–Crippen MR) is 86.4 cm³/mol. The molecule has 6 heteroatoms. The standard InChI is InChI=1S/C14H11BrCl2N2O/c15-11-3-2-10(16)5-9(11)7-19-13-6-8(14(18)20)1-4-12(13)17/h1-6,19H,7H2,(H2,18,20). The third kappa shape index (κ3) is 3.66. The largest absolute Gasteiger partial charge is 0.380 e. The Morgan fingerprint density at radius 1 is 1.20 bits per heavy atom. The third-order valence-electron chi connectivity index (χ3n) is 2.73. The zero-order valence-electron chi connectivity index (χ0n) is 10.3. The molecular formula is C14H11BrCl2N2O. The quantitative estimate of drug-likeness (QED) is 0.830. The minimum absolute atomic E-state index is 0.405. The third-order valence-corrected chi connectivity index (χ3v) is 4.07. The summed E-state index contributed by atoms with van der Waals surface area (Å²) in [5.41, 5.74) is 7.29. The number of primary amides is 1. The van der Waals surface area contributed by atoms with Crippen molar-refractivity contribution in [2.75, 3.05) is 5.32 Å². The van der Waals surface area contributed by atoms with Gasteiger partial charge in [-0.3, -0.25) is 4.79 Å². The second kappa shape index (κ2) is 6.48. The van der Waals surface area contributed by atoms with Crippen molar-refractivity contribution in [2.24, 2.45) is 5.73 Å². The topological polar surface area (TPSA) is 55.1 Å². The highest BCUT2D eigenvalue weighted by molar-refractivity contribution is 9.10. The number of hydrogen-bond donors (Lipinski definition) is 2. The van der Waals surface area contributed by atoms with E-state index in [9.17, 15) is 4.79 Å². The number of amides is 1. The summed E-state index contributed by atoms with van der Waals surface area (Å²) < 4.78 is 0.941. The lowest BCUT2D eigenvalue weighted by molar-refractivity contribution is 0.100. The highest BCUT2D eigenvalue weighted by Gasteiger charge is 2.07. The molecule has 0 aliphatic heterocycles. The number of carbonyl (C=O) groups excluding carboxylic acids is 1. The van der Waals surface area contributed by atoms with Gasteiger partial charge in [0.15, 0.2) is 0 Å². The maximum absolute atomic E-state index is 11.2. The van der Waals surface area contributed by atoms with Crippen molar-refractivity contribution < 1.29 is 4.79 Å². The molecule has 0 fully saturated rings. The summed E-state index contributed by atoms with van der Waals surface area (Å²) in [4.78, 5) is 11.2. The number of rotatable bonds is 4. The molecule has 0 aliphatic rings. The van der Waals surface area contributed by atoms with Gasteiger partial charge in [0.05, 0.1) is 10.7 Å². The van der Waals surface area contributed by atoms with E-state index >= 15 is 0 Å². The normalized spacial score (nSPS) is 10.3. The van der Waals surface area contributed by atoms with Crippen LogP contribution >= 0.6 is 39.1 Å². The number of benzene rings is 2. The summed E-state index contributed by atoms with van der Waals surface area (Å²) in [5.74, 6) is -0.492. The van der Waals surface area contributed by atoms with Gasteiger partial charge < -0.3 is 11.1 Å². The predicted octanol–water partition coefficient (Wildman–Crippen LogP) is 4.47. The maximum Gasteiger partial charge on any atom is 0.248 e. The molecule has 0 spiro atoms. The minimum Gasteiger partial charge on any atom is -0.380 e. The van der Waals surface area contributed by atoms with Crippen LogP contribution in [0.25, 0.3) is 0 Å². The van der Waals surface area contributed by atoms with Crippen LogP contribution in [0.5, 0.6) is 0 Å². The molecule has 1 amide bonds. The van der Waals surface area contributed by atoms with E-state index in [0.717, 1.165) is 10.0 Å². The van der Waals surface area contributed by atoms with E-state index in [1.807, 2.05) is 12.1 Å². The van der Waals surface area contributed by atoms with E-state index in [1.54, 1.807) is 24.3 Å². The fraction of sp³-hybridized carbons (Fsp3) is 0.0714. The Hall–Kier alpha value is -1.23. The van der Waals surface area contributed by atoms with E-state index in [1.165, 1.54) is 0 Å². The lowest BCUT2D eigenvalue weighted by Gasteiger charge is -2.11. The number of anilines is 1. The summed E-state index contributed by atoms with van der Waals surface area (Å²) in [6, 6.07) is 10.4. The first-order valence-corrected chi connectivity index (χ1v) is 7.29. The van der Waals surface area contributed by atoms with Crippen molar-refractivity contribution in [3.63, 3.8) is 0 Å². The first-order valence-electron chi connectivity index (χ1n) is 5.74. The summed E-state index contributed by atoms with van der Waals surface area (Å²) in [6.45, 7) is 0.517. The lowest BCUT2D eigenvalue weighted by atomic mass is 10.1. The van der Waals surface area contributed by atoms with Crippen molar-refractivity contribution in [2.45, 2.75) is 6.54 Å². The van der Waals surface area contributed by atoms with Gasteiger partial charge in [-0.25, -0.2) is 0 Å². The van der Waals surface area contributed by atoms with Crippen LogP contribution in [0.3, 0.4) is 0 Å². The van der Waals surface area contributed by atoms with Crippen molar-refractivity contribution >= 4 is 50.7 Å². The number of hydrogen-bond acceptors (Lipinski definition) is 2. The minimum atomic E-state index is -0.492. The Labute approximate surface area is 135 Å². The van der Waals surface area contributed by atoms with Crippen molar-refractivity contribution in [1.82, 2.24) is 0 Å². The molecule has 104 valence electrons. The summed E-state index contributed by atoms with van der Waals surface area (Å²) in [5, 5.41) is 4.34. The van der Waals surface area contributed by atoms with Crippen LogP contribution in [0.1, 0.15) is 15.9 Å². The molecule has 0 unspecified atom stereocenters. The number of nitrogens with one attached hydrogen (secondary N) is 1. The van der Waals surface area contributed by atoms with Crippen LogP contribution in [0.15, 0.2) is 40.9 Å². The van der Waals surface area contributed by atoms with Gasteiger partial charge >= 0.3 is 0 Å². The zero-order chi connectivity index (χ0) is 14.7. The molecule has 3 nitrogen and oxygen atoms in total. The van der Waals surface area contributed by atoms with Gasteiger partial charge in [0.1, 0.15) is 0 Å². The monoisotopic (exact) mass is 372 g/mol. The Morgan fingerprint density at radius 2 is 1.95 bits per heavy atom. The van der Waals surface area contributed by atoms with Crippen LogP contribution in [0.4, 0.5) is 5.69 Å². The Bertz CT molecular complexity index is 662. The van der Waals surface area contributed by atoms with Crippen LogP contribution < -0.4 is 11.1 Å². The van der Waals surface area contributed by atoms with Crippen LogP contribution in [-0.2, 0) is 6.54 Å². The number of carbonyl (C=O) groups is 1. The van der Waals surface area contributed by atoms with E-state index < -0.39 is 5.91 Å². The van der Waals surface area contributed by atoms with Gasteiger partial charge in [-0.05, 0) is 42.0 Å². The van der Waals surface area contributed by atoms with Gasteiger partial charge in [-0.2, -0.15) is 0 Å². The Balaban J connectivity index is 2.20. The van der Waals surface area contributed by atoms with Crippen LogP contribution in [0.2, 0.25) is 10.0 Å². The fourth-order valence-corrected chi connectivity index (χ4v) is 2.45. The summed E-state index contributed by atoms with van der Waals surface area (Å²) >= 11 is 15.5. The van der Waals surface area contributed by atoms with Gasteiger partial charge in [0.25, 0.3) is 0 Å². The molecule has 0 heterocycles. The van der Waals surface area contributed by atoms with E-state index in [-0.39, 0.29) is 0 Å². The maximum atomic E-state index is 11.2. The van der Waals surface area contributed by atoms with E-state index in [0.29, 0.717) is 27.8 Å². The molecule has 0 atom stereocenters. The number of halogens is 3. The van der Waals surface area contributed by atoms with Gasteiger partial charge in [-0.1, -0.05) is 39.1 Å². The van der Waals surface area contributed by atoms with Gasteiger partial charge in [0.2, 0.25) is 5.91 Å². The lowest BCUT2D eigenvalue weighted by Crippen LogP contribution is -2.11. The molecule has 2 aromatic carbocycles. The van der Waals surface area contributed by atoms with Crippen LogP contribution in [0, 0.1) is 0 Å². The second-order valence-electron chi connectivity index (χ2n) is 4.15. The van der Waals surface area contributed by atoms with Gasteiger partial charge in [0, 0.05) is 21.6 Å². The second-order valence-corrected chi connectivity index (χ2v) is 5.85. The molecular weight excluding hydrogens is 363 g/mol. The molecule has 0 saturated heterocycles. The summed E-state index contributed by atoms with van der Waals surface area (Å²) in [7, 11) is 0. The summed E-state index contributed by atoms with van der Waals surface area (Å²) in [6.07, 6.45) is 0. The molecule has 2 rings (SSSR count). The molecule has 0 saturated carbocycles.